The first-order valence-corrected chi connectivity index (χ1v) is 5.49. The third kappa shape index (κ3) is 1.48. The normalized spacial score (nSPS) is 17.5. The average molecular weight is 220 g/mol. The van der Waals surface area contributed by atoms with Crippen molar-refractivity contribution in [2.45, 2.75) is 32.4 Å². The molecule has 0 aromatic carbocycles. The van der Waals surface area contributed by atoms with Gasteiger partial charge >= 0.3 is 6.03 Å². The maximum atomic E-state index is 12.2. The van der Waals surface area contributed by atoms with Gasteiger partial charge in [0.15, 0.2) is 0 Å². The first-order valence-electron chi connectivity index (χ1n) is 5.49. The Bertz CT molecular complexity index is 392. The Kier molecular flexibility index (Phi) is 2.68. The van der Waals surface area contributed by atoms with Gasteiger partial charge in [-0.05, 0) is 12.8 Å². The van der Waals surface area contributed by atoms with Gasteiger partial charge in [-0.2, -0.15) is 0 Å². The van der Waals surface area contributed by atoms with E-state index >= 15 is 0 Å². The highest BCUT2D eigenvalue weighted by Crippen LogP contribution is 2.26. The number of hydrogen-bond donors (Lipinski definition) is 1. The molecule has 1 aliphatic heterocycles. The van der Waals surface area contributed by atoms with E-state index in [0.717, 1.165) is 12.8 Å². The standard InChI is InChI=1S/C11H16N4O/c1-3-11(4-2)13-6-8-15(11)10(16)14-7-5-12-9-14/h5-9,13H,3-4H2,1-2H3. The lowest BCUT2D eigenvalue weighted by Gasteiger charge is -2.36. The lowest BCUT2D eigenvalue weighted by atomic mass is 10.0. The Balaban J connectivity index is 2.26. The Hall–Kier alpha value is -1.78. The zero-order valence-electron chi connectivity index (χ0n) is 9.55. The first-order chi connectivity index (χ1) is 7.73. The van der Waals surface area contributed by atoms with Crippen LogP contribution in [0.2, 0.25) is 0 Å². The molecule has 0 atom stereocenters. The molecule has 0 fully saturated rings. The Morgan fingerprint density at radius 1 is 1.44 bits per heavy atom. The van der Waals surface area contributed by atoms with E-state index in [1.807, 2.05) is 6.20 Å². The van der Waals surface area contributed by atoms with Gasteiger partial charge in [-0.15, -0.1) is 0 Å². The van der Waals surface area contributed by atoms with Crippen molar-refractivity contribution in [3.8, 4) is 0 Å². The number of carbonyl (C=O) groups excluding carboxylic acids is 1. The first kappa shape index (κ1) is 10.7. The van der Waals surface area contributed by atoms with Crippen molar-refractivity contribution < 1.29 is 4.79 Å². The van der Waals surface area contributed by atoms with Crippen LogP contribution in [0.4, 0.5) is 4.79 Å². The third-order valence-corrected chi connectivity index (χ3v) is 3.14. The highest BCUT2D eigenvalue weighted by molar-refractivity contribution is 5.79. The maximum absolute atomic E-state index is 12.2. The number of hydrogen-bond acceptors (Lipinski definition) is 3. The van der Waals surface area contributed by atoms with Gasteiger partial charge < -0.3 is 5.32 Å². The van der Waals surface area contributed by atoms with Crippen LogP contribution in [-0.2, 0) is 0 Å². The molecule has 2 rings (SSSR count). The number of rotatable bonds is 2. The predicted octanol–water partition coefficient (Wildman–Crippen LogP) is 1.74. The van der Waals surface area contributed by atoms with E-state index < -0.39 is 0 Å². The monoisotopic (exact) mass is 220 g/mol. The zero-order valence-corrected chi connectivity index (χ0v) is 9.55. The molecule has 86 valence electrons. The van der Waals surface area contributed by atoms with Crippen LogP contribution in [0, 0.1) is 0 Å². The molecule has 2 heterocycles. The second-order valence-corrected chi connectivity index (χ2v) is 3.82. The SMILES string of the molecule is CCC1(CC)NC=CN1C(=O)n1ccnc1. The highest BCUT2D eigenvalue weighted by atomic mass is 16.2. The van der Waals surface area contributed by atoms with Crippen molar-refractivity contribution >= 4 is 6.03 Å². The molecule has 1 aliphatic rings. The molecule has 1 amide bonds. The summed E-state index contributed by atoms with van der Waals surface area (Å²) in [6.07, 6.45) is 10.1. The fourth-order valence-electron chi connectivity index (χ4n) is 2.02. The predicted molar refractivity (Wildman–Crippen MR) is 60.4 cm³/mol. The number of nitrogens with one attached hydrogen (secondary N) is 1. The van der Waals surface area contributed by atoms with Crippen molar-refractivity contribution in [3.05, 3.63) is 31.1 Å². The van der Waals surface area contributed by atoms with Gasteiger partial charge in [0.25, 0.3) is 0 Å². The second kappa shape index (κ2) is 4.00. The number of imidazole rings is 1. The summed E-state index contributed by atoms with van der Waals surface area (Å²) in [5.74, 6) is 0. The Labute approximate surface area is 94.8 Å². The fraction of sp³-hybridized carbons (Fsp3) is 0.455. The quantitative estimate of drug-likeness (QED) is 0.826. The summed E-state index contributed by atoms with van der Waals surface area (Å²) in [6, 6.07) is -0.0811. The zero-order chi connectivity index (χ0) is 11.6. The lowest BCUT2D eigenvalue weighted by molar-refractivity contribution is 0.140. The summed E-state index contributed by atoms with van der Waals surface area (Å²) in [5.41, 5.74) is -0.290. The summed E-state index contributed by atoms with van der Waals surface area (Å²) in [6.45, 7) is 4.13. The van der Waals surface area contributed by atoms with E-state index in [-0.39, 0.29) is 11.7 Å². The van der Waals surface area contributed by atoms with Crippen molar-refractivity contribution in [3.63, 3.8) is 0 Å². The Morgan fingerprint density at radius 3 is 2.75 bits per heavy atom. The second-order valence-electron chi connectivity index (χ2n) is 3.82. The molecule has 5 nitrogen and oxygen atoms in total. The molecule has 0 bridgehead atoms. The molecule has 5 heteroatoms. The third-order valence-electron chi connectivity index (χ3n) is 3.14. The Morgan fingerprint density at radius 2 is 2.19 bits per heavy atom. The summed E-state index contributed by atoms with van der Waals surface area (Å²) in [7, 11) is 0. The molecule has 16 heavy (non-hydrogen) atoms. The number of amides is 1. The van der Waals surface area contributed by atoms with Gasteiger partial charge in [0.1, 0.15) is 12.0 Å². The van der Waals surface area contributed by atoms with Crippen LogP contribution in [0.15, 0.2) is 31.1 Å². The highest BCUT2D eigenvalue weighted by Gasteiger charge is 2.38. The topological polar surface area (TPSA) is 50.2 Å². The van der Waals surface area contributed by atoms with Crippen LogP contribution >= 0.6 is 0 Å². The number of aromatic nitrogens is 2. The lowest BCUT2D eigenvalue weighted by Crippen LogP contribution is -2.53. The van der Waals surface area contributed by atoms with Crippen LogP contribution < -0.4 is 5.32 Å². The van der Waals surface area contributed by atoms with Gasteiger partial charge in [0, 0.05) is 24.8 Å². The van der Waals surface area contributed by atoms with Crippen molar-refractivity contribution in [1.29, 1.82) is 0 Å². The van der Waals surface area contributed by atoms with Crippen molar-refractivity contribution in [2.75, 3.05) is 0 Å². The van der Waals surface area contributed by atoms with Crippen LogP contribution in [0.1, 0.15) is 26.7 Å². The minimum absolute atomic E-state index is 0.0811. The molecular formula is C11H16N4O. The van der Waals surface area contributed by atoms with Crippen LogP contribution in [-0.4, -0.2) is 26.1 Å². The molecule has 0 saturated heterocycles. The molecule has 0 spiro atoms. The molecule has 1 N–H and O–H groups in total. The largest absolute Gasteiger partial charge is 0.367 e. The van der Waals surface area contributed by atoms with E-state index in [9.17, 15) is 4.79 Å². The maximum Gasteiger partial charge on any atom is 0.335 e. The molecule has 0 saturated carbocycles. The minimum Gasteiger partial charge on any atom is -0.367 e. The molecule has 1 aromatic heterocycles. The van der Waals surface area contributed by atoms with Gasteiger partial charge in [0.05, 0.1) is 0 Å². The summed E-state index contributed by atoms with van der Waals surface area (Å²) in [4.78, 5) is 17.8. The minimum atomic E-state index is -0.290. The van der Waals surface area contributed by atoms with E-state index in [4.69, 9.17) is 0 Å². The molecule has 1 aromatic rings. The van der Waals surface area contributed by atoms with Crippen LogP contribution in [0.5, 0.6) is 0 Å². The average Bonchev–Trinajstić information content (AvgIpc) is 2.97. The van der Waals surface area contributed by atoms with E-state index in [0.29, 0.717) is 0 Å². The van der Waals surface area contributed by atoms with Crippen LogP contribution in [0.3, 0.4) is 0 Å². The molecule has 0 unspecified atom stereocenters. The number of carbonyl (C=O) groups is 1. The molecule has 0 radical (unpaired) electrons. The van der Waals surface area contributed by atoms with Crippen molar-refractivity contribution in [1.82, 2.24) is 19.8 Å². The summed E-state index contributed by atoms with van der Waals surface area (Å²) in [5, 5.41) is 3.25. The molecule has 0 aliphatic carbocycles. The van der Waals surface area contributed by atoms with E-state index in [1.54, 1.807) is 23.5 Å². The van der Waals surface area contributed by atoms with E-state index in [1.165, 1.54) is 10.9 Å². The van der Waals surface area contributed by atoms with Crippen LogP contribution in [0.25, 0.3) is 0 Å². The molecular weight excluding hydrogens is 204 g/mol. The summed E-state index contributed by atoms with van der Waals surface area (Å²) < 4.78 is 1.48. The van der Waals surface area contributed by atoms with Crippen molar-refractivity contribution in [2.24, 2.45) is 0 Å². The van der Waals surface area contributed by atoms with Gasteiger partial charge in [0.2, 0.25) is 0 Å². The van der Waals surface area contributed by atoms with Gasteiger partial charge in [-0.1, -0.05) is 13.8 Å². The fourth-order valence-corrected chi connectivity index (χ4v) is 2.02. The van der Waals surface area contributed by atoms with Gasteiger partial charge in [-0.3, -0.25) is 9.47 Å². The van der Waals surface area contributed by atoms with E-state index in [2.05, 4.69) is 24.1 Å². The smallest absolute Gasteiger partial charge is 0.335 e. The summed E-state index contributed by atoms with van der Waals surface area (Å²) >= 11 is 0. The number of nitrogens with zero attached hydrogens (tertiary/aromatic N) is 3. The van der Waals surface area contributed by atoms with Gasteiger partial charge in [-0.25, -0.2) is 9.78 Å².